The summed E-state index contributed by atoms with van der Waals surface area (Å²) < 4.78 is 22.1. The zero-order chi connectivity index (χ0) is 22.2. The number of fused-ring (bicyclic) bond motifs is 3. The summed E-state index contributed by atoms with van der Waals surface area (Å²) in [5, 5.41) is 9.00. The molecule has 0 aliphatic carbocycles. The van der Waals surface area contributed by atoms with E-state index in [-0.39, 0.29) is 23.7 Å². The maximum atomic E-state index is 12.9. The van der Waals surface area contributed by atoms with Gasteiger partial charge >= 0.3 is 11.9 Å². The van der Waals surface area contributed by atoms with Crippen LogP contribution in [0.2, 0.25) is 0 Å². The highest BCUT2D eigenvalue weighted by molar-refractivity contribution is 6.15. The van der Waals surface area contributed by atoms with Gasteiger partial charge in [0.25, 0.3) is 0 Å². The van der Waals surface area contributed by atoms with E-state index in [1.54, 1.807) is 48.5 Å². The van der Waals surface area contributed by atoms with E-state index in [0.717, 1.165) is 0 Å². The Balaban J connectivity index is 1.61. The highest BCUT2D eigenvalue weighted by Gasteiger charge is 2.39. The van der Waals surface area contributed by atoms with Crippen LogP contribution in [0.15, 0.2) is 65.0 Å². The van der Waals surface area contributed by atoms with Crippen LogP contribution in [-0.4, -0.2) is 29.4 Å². The summed E-state index contributed by atoms with van der Waals surface area (Å²) in [4.78, 5) is 36.3. The van der Waals surface area contributed by atoms with Crippen molar-refractivity contribution in [3.8, 4) is 17.2 Å². The number of para-hydroxylation sites is 1. The van der Waals surface area contributed by atoms with Crippen LogP contribution >= 0.6 is 0 Å². The van der Waals surface area contributed by atoms with Crippen LogP contribution in [0.1, 0.15) is 39.6 Å². The van der Waals surface area contributed by atoms with Gasteiger partial charge in [-0.15, -0.1) is 0 Å². The number of benzene rings is 2. The normalized spacial score (nSPS) is 18.0. The number of ether oxygens (including phenoxy) is 3. The van der Waals surface area contributed by atoms with Gasteiger partial charge in [-0.1, -0.05) is 18.2 Å². The van der Waals surface area contributed by atoms with E-state index >= 15 is 0 Å². The topological polar surface area (TPSA) is 112 Å². The molecule has 3 aromatic rings. The fourth-order valence-electron chi connectivity index (χ4n) is 3.91. The first kappa shape index (κ1) is 19.6. The summed E-state index contributed by atoms with van der Waals surface area (Å²) in [5.74, 6) is -0.973. The lowest BCUT2D eigenvalue weighted by Gasteiger charge is -2.27. The average molecular weight is 432 g/mol. The molecule has 2 aliphatic rings. The number of hydrogen-bond donors (Lipinski definition) is 1. The lowest BCUT2D eigenvalue weighted by molar-refractivity contribution is -0.139. The molecule has 32 heavy (non-hydrogen) atoms. The van der Waals surface area contributed by atoms with Gasteiger partial charge in [0.2, 0.25) is 5.78 Å². The van der Waals surface area contributed by atoms with Gasteiger partial charge in [-0.25, -0.2) is 4.79 Å². The number of carbonyl (C=O) groups excluding carboxylic acids is 2. The Bertz CT molecular complexity index is 1270. The smallest absolute Gasteiger partial charge is 0.341 e. The number of Topliss-reactive ketones (excluding diaryl/α,β-unsaturated/α-hetero) is 1. The van der Waals surface area contributed by atoms with Crippen LogP contribution in [0, 0.1) is 0 Å². The third kappa shape index (κ3) is 3.41. The van der Waals surface area contributed by atoms with Crippen molar-refractivity contribution in [1.29, 1.82) is 0 Å². The van der Waals surface area contributed by atoms with Crippen molar-refractivity contribution in [3.63, 3.8) is 0 Å². The lowest BCUT2D eigenvalue weighted by atomic mass is 9.84. The summed E-state index contributed by atoms with van der Waals surface area (Å²) in [6.07, 6.45) is 2.97. The van der Waals surface area contributed by atoms with Gasteiger partial charge in [-0.05, 0) is 30.3 Å². The molecule has 0 spiro atoms. The fraction of sp³-hybridized carbons (Fsp3) is 0.125. The van der Waals surface area contributed by atoms with Gasteiger partial charge in [0.05, 0.1) is 18.2 Å². The van der Waals surface area contributed by atoms with Gasteiger partial charge in [0.1, 0.15) is 23.0 Å². The van der Waals surface area contributed by atoms with Crippen molar-refractivity contribution in [2.75, 3.05) is 6.61 Å². The highest BCUT2D eigenvalue weighted by Crippen LogP contribution is 2.50. The molecule has 0 saturated heterocycles. The van der Waals surface area contributed by atoms with Crippen molar-refractivity contribution in [3.05, 3.63) is 83.0 Å². The Hall–Kier alpha value is -4.33. The van der Waals surface area contributed by atoms with Crippen LogP contribution in [0.4, 0.5) is 0 Å². The molecule has 0 fully saturated rings. The Labute approximate surface area is 181 Å². The molecule has 160 valence electrons. The molecule has 1 N–H and O–H groups in total. The number of carboxylic acids is 1. The molecule has 1 unspecified atom stereocenters. The summed E-state index contributed by atoms with van der Waals surface area (Å²) in [7, 11) is 0. The molecule has 2 aromatic carbocycles. The number of allylic oxidation sites excluding steroid dienone is 1. The van der Waals surface area contributed by atoms with E-state index in [0.29, 0.717) is 33.9 Å². The van der Waals surface area contributed by atoms with Gasteiger partial charge in [-0.3, -0.25) is 9.59 Å². The number of ketones is 1. The van der Waals surface area contributed by atoms with Crippen molar-refractivity contribution < 1.29 is 38.1 Å². The van der Waals surface area contributed by atoms with Crippen molar-refractivity contribution in [1.82, 2.24) is 0 Å². The molecule has 0 amide bonds. The lowest BCUT2D eigenvalue weighted by Crippen LogP contribution is -2.22. The minimum Gasteiger partial charge on any atom is -0.482 e. The van der Waals surface area contributed by atoms with Gasteiger partial charge < -0.3 is 23.7 Å². The summed E-state index contributed by atoms with van der Waals surface area (Å²) in [6, 6.07) is 13.4. The zero-order valence-electron chi connectivity index (χ0n) is 16.6. The third-order valence-electron chi connectivity index (χ3n) is 5.24. The molecule has 5 rings (SSSR count). The van der Waals surface area contributed by atoms with Gasteiger partial charge in [-0.2, -0.15) is 0 Å². The summed E-state index contributed by atoms with van der Waals surface area (Å²) in [6.45, 7) is -0.529. The Morgan fingerprint density at radius 2 is 1.94 bits per heavy atom. The fourth-order valence-corrected chi connectivity index (χ4v) is 3.91. The predicted molar refractivity (Wildman–Crippen MR) is 110 cm³/mol. The standard InChI is InChI=1S/C24H16O8/c25-20(26)12-30-17-6-2-1-5-14(17)16-11-21(27)31-18-8-7-15-23(28)19(32-24(15)22(16)18)10-13-4-3-9-29-13/h1-10,16H,11-12H2,(H,25,26)/b19-10-. The largest absolute Gasteiger partial charge is 0.482 e. The molecule has 2 aliphatic heterocycles. The average Bonchev–Trinajstić information content (AvgIpc) is 3.40. The number of carbonyl (C=O) groups is 3. The summed E-state index contributed by atoms with van der Waals surface area (Å²) >= 11 is 0. The molecule has 1 aromatic heterocycles. The molecular weight excluding hydrogens is 416 g/mol. The first-order chi connectivity index (χ1) is 15.5. The van der Waals surface area contributed by atoms with E-state index in [1.165, 1.54) is 12.3 Å². The minimum absolute atomic E-state index is 0.0221. The van der Waals surface area contributed by atoms with E-state index in [9.17, 15) is 14.4 Å². The second-order valence-electron chi connectivity index (χ2n) is 7.26. The molecule has 8 nitrogen and oxygen atoms in total. The number of carboxylic acid groups (broad SMARTS) is 1. The van der Waals surface area contributed by atoms with Gasteiger partial charge in [0, 0.05) is 23.1 Å². The van der Waals surface area contributed by atoms with Crippen molar-refractivity contribution >= 4 is 23.8 Å². The SMILES string of the molecule is O=C(O)COc1ccccc1C1CC(=O)Oc2ccc3c(c21)O/C(=C\c1ccco1)C3=O. The monoisotopic (exact) mass is 432 g/mol. The van der Waals surface area contributed by atoms with Crippen LogP contribution in [0.25, 0.3) is 6.08 Å². The number of hydrogen-bond acceptors (Lipinski definition) is 7. The highest BCUT2D eigenvalue weighted by atomic mass is 16.5. The molecule has 1 atom stereocenters. The number of furan rings is 1. The number of esters is 1. The van der Waals surface area contributed by atoms with E-state index in [2.05, 4.69) is 0 Å². The minimum atomic E-state index is -1.12. The maximum Gasteiger partial charge on any atom is 0.341 e. The number of rotatable bonds is 5. The second-order valence-corrected chi connectivity index (χ2v) is 7.26. The van der Waals surface area contributed by atoms with Crippen LogP contribution in [-0.2, 0) is 9.59 Å². The van der Waals surface area contributed by atoms with Crippen LogP contribution in [0.5, 0.6) is 17.2 Å². The third-order valence-corrected chi connectivity index (χ3v) is 5.24. The molecule has 0 radical (unpaired) electrons. The van der Waals surface area contributed by atoms with Gasteiger partial charge in [0.15, 0.2) is 12.4 Å². The first-order valence-corrected chi connectivity index (χ1v) is 9.80. The van der Waals surface area contributed by atoms with Crippen molar-refractivity contribution in [2.24, 2.45) is 0 Å². The van der Waals surface area contributed by atoms with Crippen LogP contribution < -0.4 is 14.2 Å². The molecular formula is C24H16O8. The second kappa shape index (κ2) is 7.73. The predicted octanol–water partition coefficient (Wildman–Crippen LogP) is 3.80. The molecule has 8 heteroatoms. The van der Waals surface area contributed by atoms with E-state index < -0.39 is 24.5 Å². The maximum absolute atomic E-state index is 12.9. The van der Waals surface area contributed by atoms with E-state index in [1.807, 2.05) is 0 Å². The summed E-state index contributed by atoms with van der Waals surface area (Å²) in [5.41, 5.74) is 1.47. The Kier molecular flexibility index (Phi) is 4.74. The zero-order valence-corrected chi connectivity index (χ0v) is 16.6. The quantitative estimate of drug-likeness (QED) is 0.368. The van der Waals surface area contributed by atoms with Crippen molar-refractivity contribution in [2.45, 2.75) is 12.3 Å². The Morgan fingerprint density at radius 3 is 2.72 bits per heavy atom. The molecule has 3 heterocycles. The molecule has 0 bridgehead atoms. The van der Waals surface area contributed by atoms with Crippen LogP contribution in [0.3, 0.4) is 0 Å². The van der Waals surface area contributed by atoms with E-state index in [4.69, 9.17) is 23.7 Å². The Morgan fingerprint density at radius 1 is 1.09 bits per heavy atom. The molecule has 0 saturated carbocycles. The number of aliphatic carboxylic acids is 1. The first-order valence-electron chi connectivity index (χ1n) is 9.80.